The van der Waals surface area contributed by atoms with E-state index in [9.17, 15) is 4.79 Å². The molecule has 2 aliphatic heterocycles. The van der Waals surface area contributed by atoms with E-state index in [1.807, 2.05) is 25.7 Å². The van der Waals surface area contributed by atoms with E-state index in [2.05, 4.69) is 6.92 Å². The van der Waals surface area contributed by atoms with Gasteiger partial charge in [0.2, 0.25) is 0 Å². The van der Waals surface area contributed by atoms with Crippen LogP contribution in [-0.2, 0) is 9.47 Å². The molecule has 2 heterocycles. The molecule has 2 saturated heterocycles. The number of amides is 1. The van der Waals surface area contributed by atoms with Gasteiger partial charge in [-0.25, -0.2) is 4.79 Å². The molecular weight excluding hydrogens is 254 g/mol. The quantitative estimate of drug-likeness (QED) is 0.777. The summed E-state index contributed by atoms with van der Waals surface area (Å²) in [6.07, 6.45) is 5.35. The molecule has 0 aliphatic carbocycles. The summed E-state index contributed by atoms with van der Waals surface area (Å²) in [5.74, 6) is 0.678. The molecule has 2 aliphatic rings. The molecule has 116 valence electrons. The van der Waals surface area contributed by atoms with E-state index in [-0.39, 0.29) is 11.6 Å². The average Bonchev–Trinajstić information content (AvgIpc) is 2.70. The van der Waals surface area contributed by atoms with Crippen molar-refractivity contribution in [3.05, 3.63) is 0 Å². The number of hydrogen-bond donors (Lipinski definition) is 0. The van der Waals surface area contributed by atoms with Crippen LogP contribution in [0.3, 0.4) is 0 Å². The second-order valence-corrected chi connectivity index (χ2v) is 7.49. The van der Waals surface area contributed by atoms with Crippen molar-refractivity contribution in [2.45, 2.75) is 70.9 Å². The fourth-order valence-corrected chi connectivity index (χ4v) is 3.44. The smallest absolute Gasteiger partial charge is 0.410 e. The molecule has 0 spiro atoms. The topological polar surface area (TPSA) is 38.8 Å². The van der Waals surface area contributed by atoms with E-state index < -0.39 is 5.60 Å². The molecule has 0 aromatic carbocycles. The Morgan fingerprint density at radius 3 is 2.60 bits per heavy atom. The zero-order chi connectivity index (χ0) is 14.8. The molecule has 2 fully saturated rings. The van der Waals surface area contributed by atoms with Crippen molar-refractivity contribution in [1.82, 2.24) is 4.90 Å². The summed E-state index contributed by atoms with van der Waals surface area (Å²) in [7, 11) is 0. The van der Waals surface area contributed by atoms with Crippen molar-refractivity contribution in [2.24, 2.45) is 5.92 Å². The van der Waals surface area contributed by atoms with E-state index in [1.54, 1.807) is 0 Å². The van der Waals surface area contributed by atoms with E-state index in [0.717, 1.165) is 51.9 Å². The third-order valence-corrected chi connectivity index (χ3v) is 4.43. The summed E-state index contributed by atoms with van der Waals surface area (Å²) >= 11 is 0. The zero-order valence-electron chi connectivity index (χ0n) is 13.4. The maximum atomic E-state index is 12.4. The molecule has 20 heavy (non-hydrogen) atoms. The van der Waals surface area contributed by atoms with Gasteiger partial charge in [0.1, 0.15) is 5.60 Å². The van der Waals surface area contributed by atoms with E-state index in [0.29, 0.717) is 5.92 Å². The van der Waals surface area contributed by atoms with Crippen molar-refractivity contribution < 1.29 is 14.3 Å². The van der Waals surface area contributed by atoms with Crippen LogP contribution in [0.1, 0.15) is 59.8 Å². The van der Waals surface area contributed by atoms with Crippen LogP contribution in [0.4, 0.5) is 4.79 Å². The molecule has 1 atom stereocenters. The van der Waals surface area contributed by atoms with Gasteiger partial charge in [-0.2, -0.15) is 0 Å². The van der Waals surface area contributed by atoms with Crippen molar-refractivity contribution in [3.63, 3.8) is 0 Å². The molecule has 4 heteroatoms. The summed E-state index contributed by atoms with van der Waals surface area (Å²) in [5.41, 5.74) is -0.455. The van der Waals surface area contributed by atoms with Gasteiger partial charge in [-0.05, 0) is 65.7 Å². The molecule has 2 rings (SSSR count). The maximum Gasteiger partial charge on any atom is 0.410 e. The molecule has 0 saturated carbocycles. The summed E-state index contributed by atoms with van der Waals surface area (Å²) in [6.45, 7) is 10.6. The van der Waals surface area contributed by atoms with Crippen LogP contribution in [0, 0.1) is 5.92 Å². The average molecular weight is 283 g/mol. The number of carbonyl (C=O) groups is 1. The van der Waals surface area contributed by atoms with E-state index in [4.69, 9.17) is 9.47 Å². The third-order valence-electron chi connectivity index (χ3n) is 4.43. The van der Waals surface area contributed by atoms with Crippen molar-refractivity contribution >= 4 is 6.09 Å². The number of hydrogen-bond acceptors (Lipinski definition) is 3. The lowest BCUT2D eigenvalue weighted by Gasteiger charge is -2.39. The van der Waals surface area contributed by atoms with Gasteiger partial charge in [0.15, 0.2) is 0 Å². The highest BCUT2D eigenvalue weighted by Gasteiger charge is 2.42. The molecule has 0 bridgehead atoms. The lowest BCUT2D eigenvalue weighted by atomic mass is 9.83. The summed E-state index contributed by atoms with van der Waals surface area (Å²) in [4.78, 5) is 14.4. The minimum Gasteiger partial charge on any atom is -0.444 e. The Balaban J connectivity index is 1.99. The Kier molecular flexibility index (Phi) is 4.62. The molecule has 1 amide bonds. The Hall–Kier alpha value is -0.770. The van der Waals surface area contributed by atoms with Crippen LogP contribution >= 0.6 is 0 Å². The first-order chi connectivity index (χ1) is 9.30. The normalized spacial score (nSPS) is 28.7. The predicted molar refractivity (Wildman–Crippen MR) is 78.7 cm³/mol. The molecule has 0 aromatic rings. The van der Waals surface area contributed by atoms with Crippen LogP contribution < -0.4 is 0 Å². The number of ether oxygens (including phenoxy) is 2. The fraction of sp³-hybridized carbons (Fsp3) is 0.938. The van der Waals surface area contributed by atoms with Gasteiger partial charge in [0, 0.05) is 25.3 Å². The van der Waals surface area contributed by atoms with Crippen LogP contribution in [-0.4, -0.2) is 41.9 Å². The maximum absolute atomic E-state index is 12.4. The molecule has 1 unspecified atom stereocenters. The van der Waals surface area contributed by atoms with Crippen molar-refractivity contribution in [1.29, 1.82) is 0 Å². The summed E-state index contributed by atoms with van der Waals surface area (Å²) in [6, 6.07) is 0. The first kappa shape index (κ1) is 15.6. The van der Waals surface area contributed by atoms with Crippen LogP contribution in [0.2, 0.25) is 0 Å². The number of carbonyl (C=O) groups excluding carboxylic acids is 1. The van der Waals surface area contributed by atoms with Crippen LogP contribution in [0.5, 0.6) is 0 Å². The van der Waals surface area contributed by atoms with Gasteiger partial charge in [-0.1, -0.05) is 0 Å². The van der Waals surface area contributed by atoms with Gasteiger partial charge in [-0.3, -0.25) is 0 Å². The van der Waals surface area contributed by atoms with Crippen molar-refractivity contribution in [2.75, 3.05) is 19.8 Å². The lowest BCUT2D eigenvalue weighted by molar-refractivity contribution is -0.000148. The minimum absolute atomic E-state index is 0.0374. The van der Waals surface area contributed by atoms with Crippen molar-refractivity contribution in [3.8, 4) is 0 Å². The third kappa shape index (κ3) is 3.87. The summed E-state index contributed by atoms with van der Waals surface area (Å²) < 4.78 is 11.0. The fourth-order valence-electron chi connectivity index (χ4n) is 3.44. The Bertz CT molecular complexity index is 344. The molecule has 4 nitrogen and oxygen atoms in total. The lowest BCUT2D eigenvalue weighted by Crippen LogP contribution is -2.48. The molecule has 0 aromatic heterocycles. The zero-order valence-corrected chi connectivity index (χ0v) is 13.4. The first-order valence-corrected chi connectivity index (χ1v) is 7.89. The predicted octanol–water partition coefficient (Wildman–Crippen LogP) is 3.59. The summed E-state index contributed by atoms with van der Waals surface area (Å²) in [5, 5.41) is 0. The van der Waals surface area contributed by atoms with Gasteiger partial charge >= 0.3 is 6.09 Å². The second-order valence-electron chi connectivity index (χ2n) is 7.49. The number of likely N-dealkylation sites (tertiary alicyclic amines) is 1. The Morgan fingerprint density at radius 2 is 2.00 bits per heavy atom. The Morgan fingerprint density at radius 1 is 1.35 bits per heavy atom. The SMILES string of the molecule is CC(C)(C)OC(=O)N1CCCC1(C)CC1CCOCC1. The number of rotatable bonds is 2. The minimum atomic E-state index is -0.417. The highest BCUT2D eigenvalue weighted by Crippen LogP contribution is 2.38. The second kappa shape index (κ2) is 5.92. The standard InChI is InChI=1S/C16H29NO3/c1-15(2,3)20-14(18)17-9-5-8-16(17,4)12-13-6-10-19-11-7-13/h13H,5-12H2,1-4H3. The monoisotopic (exact) mass is 283 g/mol. The highest BCUT2D eigenvalue weighted by molar-refractivity contribution is 5.69. The van der Waals surface area contributed by atoms with Gasteiger partial charge in [0.25, 0.3) is 0 Å². The van der Waals surface area contributed by atoms with Crippen LogP contribution in [0.15, 0.2) is 0 Å². The molecule has 0 radical (unpaired) electrons. The molecular formula is C16H29NO3. The largest absolute Gasteiger partial charge is 0.444 e. The highest BCUT2D eigenvalue weighted by atomic mass is 16.6. The number of nitrogens with zero attached hydrogens (tertiary/aromatic N) is 1. The molecule has 0 N–H and O–H groups in total. The van der Waals surface area contributed by atoms with E-state index >= 15 is 0 Å². The van der Waals surface area contributed by atoms with Gasteiger partial charge in [0.05, 0.1) is 0 Å². The first-order valence-electron chi connectivity index (χ1n) is 7.89. The van der Waals surface area contributed by atoms with E-state index in [1.165, 1.54) is 0 Å². The van der Waals surface area contributed by atoms with Crippen LogP contribution in [0.25, 0.3) is 0 Å². The van der Waals surface area contributed by atoms with Gasteiger partial charge in [-0.15, -0.1) is 0 Å². The Labute approximate surface area is 122 Å². The van der Waals surface area contributed by atoms with Gasteiger partial charge < -0.3 is 14.4 Å².